The van der Waals surface area contributed by atoms with Crippen LogP contribution in [0.5, 0.6) is 0 Å². The molecule has 0 spiro atoms. The van der Waals surface area contributed by atoms with Gasteiger partial charge in [0.1, 0.15) is 5.82 Å². The van der Waals surface area contributed by atoms with Gasteiger partial charge >= 0.3 is 0 Å². The summed E-state index contributed by atoms with van der Waals surface area (Å²) in [7, 11) is 0. The predicted octanol–water partition coefficient (Wildman–Crippen LogP) is 5.62. The molecule has 0 unspecified atom stereocenters. The number of amides is 1. The van der Waals surface area contributed by atoms with Crippen LogP contribution in [0.2, 0.25) is 5.02 Å². The van der Waals surface area contributed by atoms with Crippen LogP contribution in [0.4, 0.5) is 10.1 Å². The Balaban J connectivity index is 1.71. The summed E-state index contributed by atoms with van der Waals surface area (Å²) in [6.07, 6.45) is 1.47. The van der Waals surface area contributed by atoms with Gasteiger partial charge in [-0.15, -0.1) is 11.8 Å². The van der Waals surface area contributed by atoms with Crippen molar-refractivity contribution >= 4 is 35.0 Å². The van der Waals surface area contributed by atoms with Gasteiger partial charge in [-0.25, -0.2) is 4.39 Å². The predicted molar refractivity (Wildman–Crippen MR) is 94.1 cm³/mol. The minimum absolute atomic E-state index is 0.134. The van der Waals surface area contributed by atoms with Gasteiger partial charge in [-0.1, -0.05) is 29.8 Å². The fourth-order valence-electron chi connectivity index (χ4n) is 2.10. The van der Waals surface area contributed by atoms with E-state index in [0.717, 1.165) is 16.5 Å². The quantitative estimate of drug-likeness (QED) is 0.600. The first-order chi connectivity index (χ1) is 11.6. The van der Waals surface area contributed by atoms with E-state index in [9.17, 15) is 9.18 Å². The molecule has 24 heavy (non-hydrogen) atoms. The third kappa shape index (κ3) is 3.99. The highest BCUT2D eigenvalue weighted by Gasteiger charge is 2.17. The standard InChI is InChI=1S/C18H13ClFNO2S/c19-15-10-13(20)6-7-16(15)21-18(22)17-12(8-9-23-17)11-24-14-4-2-1-3-5-14/h1-10H,11H2,(H,21,22). The molecule has 0 atom stereocenters. The highest BCUT2D eigenvalue weighted by Crippen LogP contribution is 2.27. The Morgan fingerprint density at radius 2 is 1.96 bits per heavy atom. The molecule has 3 aromatic rings. The van der Waals surface area contributed by atoms with Gasteiger partial charge in [0.05, 0.1) is 17.0 Å². The Morgan fingerprint density at radius 1 is 1.17 bits per heavy atom. The van der Waals surface area contributed by atoms with E-state index in [1.54, 1.807) is 17.8 Å². The fraction of sp³-hybridized carbons (Fsp3) is 0.0556. The lowest BCUT2D eigenvalue weighted by molar-refractivity contribution is 0.0995. The SMILES string of the molecule is O=C(Nc1ccc(F)cc1Cl)c1occc1CSc1ccccc1. The molecule has 122 valence electrons. The van der Waals surface area contributed by atoms with Crippen LogP contribution in [0.3, 0.4) is 0 Å². The van der Waals surface area contributed by atoms with Crippen LogP contribution in [0, 0.1) is 5.82 Å². The van der Waals surface area contributed by atoms with Crippen molar-refractivity contribution in [2.75, 3.05) is 5.32 Å². The molecule has 0 fully saturated rings. The molecule has 3 nitrogen and oxygen atoms in total. The van der Waals surface area contributed by atoms with E-state index in [1.807, 2.05) is 30.3 Å². The normalized spacial score (nSPS) is 10.6. The van der Waals surface area contributed by atoms with Crippen molar-refractivity contribution in [1.29, 1.82) is 0 Å². The smallest absolute Gasteiger partial charge is 0.291 e. The van der Waals surface area contributed by atoms with Crippen LogP contribution in [-0.4, -0.2) is 5.91 Å². The molecular weight excluding hydrogens is 349 g/mol. The second kappa shape index (κ2) is 7.55. The van der Waals surface area contributed by atoms with Crippen LogP contribution in [0.1, 0.15) is 16.1 Å². The maximum Gasteiger partial charge on any atom is 0.291 e. The molecule has 6 heteroatoms. The van der Waals surface area contributed by atoms with Gasteiger partial charge < -0.3 is 9.73 Å². The number of anilines is 1. The highest BCUT2D eigenvalue weighted by atomic mass is 35.5. The first-order valence-electron chi connectivity index (χ1n) is 7.14. The molecule has 0 aliphatic heterocycles. The average Bonchev–Trinajstić information content (AvgIpc) is 3.05. The van der Waals surface area contributed by atoms with E-state index in [2.05, 4.69) is 5.32 Å². The molecule has 0 bridgehead atoms. The van der Waals surface area contributed by atoms with E-state index in [-0.39, 0.29) is 10.8 Å². The number of nitrogens with one attached hydrogen (secondary N) is 1. The summed E-state index contributed by atoms with van der Waals surface area (Å²) in [5.74, 6) is -0.0626. The average molecular weight is 362 g/mol. The second-order valence-electron chi connectivity index (χ2n) is 4.95. The van der Waals surface area contributed by atoms with Gasteiger partial charge in [0.25, 0.3) is 5.91 Å². The molecule has 0 aliphatic carbocycles. The first-order valence-corrected chi connectivity index (χ1v) is 8.50. The third-order valence-corrected chi connectivity index (χ3v) is 4.64. The Kier molecular flexibility index (Phi) is 5.23. The number of carbonyl (C=O) groups is 1. The van der Waals surface area contributed by atoms with Gasteiger partial charge in [-0.2, -0.15) is 0 Å². The Labute approximate surface area is 147 Å². The molecule has 0 saturated heterocycles. The van der Waals surface area contributed by atoms with Crippen molar-refractivity contribution in [3.05, 3.63) is 83.0 Å². The Bertz CT molecular complexity index is 851. The summed E-state index contributed by atoms with van der Waals surface area (Å²) in [5, 5.41) is 2.77. The van der Waals surface area contributed by atoms with Crippen LogP contribution in [-0.2, 0) is 5.75 Å². The molecule has 1 aromatic heterocycles. The monoisotopic (exact) mass is 361 g/mol. The number of halogens is 2. The molecule has 2 aromatic carbocycles. The van der Waals surface area contributed by atoms with Crippen LogP contribution < -0.4 is 5.32 Å². The first kappa shape index (κ1) is 16.6. The highest BCUT2D eigenvalue weighted by molar-refractivity contribution is 7.98. The fourth-order valence-corrected chi connectivity index (χ4v) is 3.21. The lowest BCUT2D eigenvalue weighted by Gasteiger charge is -2.07. The number of benzene rings is 2. The van der Waals surface area contributed by atoms with E-state index in [4.69, 9.17) is 16.0 Å². The van der Waals surface area contributed by atoms with Gasteiger partial charge in [-0.05, 0) is 36.4 Å². The van der Waals surface area contributed by atoms with Crippen LogP contribution >= 0.6 is 23.4 Å². The van der Waals surface area contributed by atoms with E-state index in [0.29, 0.717) is 11.4 Å². The summed E-state index contributed by atoms with van der Waals surface area (Å²) >= 11 is 7.53. The van der Waals surface area contributed by atoms with Crippen molar-refractivity contribution in [1.82, 2.24) is 0 Å². The van der Waals surface area contributed by atoms with Crippen molar-refractivity contribution < 1.29 is 13.6 Å². The maximum absolute atomic E-state index is 13.1. The molecule has 0 radical (unpaired) electrons. The zero-order chi connectivity index (χ0) is 16.9. The molecular formula is C18H13ClFNO2S. The Hall–Kier alpha value is -2.24. The van der Waals surface area contributed by atoms with Gasteiger partial charge in [0.2, 0.25) is 0 Å². The number of hydrogen-bond donors (Lipinski definition) is 1. The summed E-state index contributed by atoms with van der Waals surface area (Å²) in [5.41, 5.74) is 1.11. The molecule has 3 rings (SSSR count). The zero-order valence-electron chi connectivity index (χ0n) is 12.5. The van der Waals surface area contributed by atoms with Crippen molar-refractivity contribution in [3.63, 3.8) is 0 Å². The number of carbonyl (C=O) groups excluding carboxylic acids is 1. The molecule has 0 aliphatic rings. The van der Waals surface area contributed by atoms with Gasteiger partial charge in [0, 0.05) is 16.2 Å². The summed E-state index contributed by atoms with van der Waals surface area (Å²) in [4.78, 5) is 13.5. The minimum Gasteiger partial charge on any atom is -0.459 e. The topological polar surface area (TPSA) is 42.2 Å². The molecule has 1 amide bonds. The number of thioether (sulfide) groups is 1. The largest absolute Gasteiger partial charge is 0.459 e. The number of furan rings is 1. The lowest BCUT2D eigenvalue weighted by atomic mass is 10.2. The van der Waals surface area contributed by atoms with Gasteiger partial charge in [-0.3, -0.25) is 4.79 Å². The van der Waals surface area contributed by atoms with Crippen LogP contribution in [0.25, 0.3) is 0 Å². The summed E-state index contributed by atoms with van der Waals surface area (Å²) in [6.45, 7) is 0. The van der Waals surface area contributed by atoms with E-state index >= 15 is 0 Å². The number of hydrogen-bond acceptors (Lipinski definition) is 3. The minimum atomic E-state index is -0.462. The third-order valence-electron chi connectivity index (χ3n) is 3.27. The van der Waals surface area contributed by atoms with Crippen molar-refractivity contribution in [2.24, 2.45) is 0 Å². The second-order valence-corrected chi connectivity index (χ2v) is 6.41. The lowest BCUT2D eigenvalue weighted by Crippen LogP contribution is -2.13. The van der Waals surface area contributed by atoms with E-state index < -0.39 is 11.7 Å². The van der Waals surface area contributed by atoms with E-state index in [1.165, 1.54) is 18.4 Å². The van der Waals surface area contributed by atoms with Crippen molar-refractivity contribution in [3.8, 4) is 0 Å². The maximum atomic E-state index is 13.1. The van der Waals surface area contributed by atoms with Crippen LogP contribution in [0.15, 0.2) is 70.2 Å². The summed E-state index contributed by atoms with van der Waals surface area (Å²) < 4.78 is 18.4. The molecule has 0 saturated carbocycles. The number of rotatable bonds is 5. The molecule has 1 heterocycles. The Morgan fingerprint density at radius 3 is 2.71 bits per heavy atom. The zero-order valence-corrected chi connectivity index (χ0v) is 14.0. The summed E-state index contributed by atoms with van der Waals surface area (Å²) in [6, 6.07) is 15.4. The van der Waals surface area contributed by atoms with Crippen molar-refractivity contribution in [2.45, 2.75) is 10.6 Å². The molecule has 1 N–H and O–H groups in total. The van der Waals surface area contributed by atoms with Gasteiger partial charge in [0.15, 0.2) is 5.76 Å².